The summed E-state index contributed by atoms with van der Waals surface area (Å²) in [5, 5.41) is 9.45. The summed E-state index contributed by atoms with van der Waals surface area (Å²) in [6, 6.07) is 13.3. The highest BCUT2D eigenvalue weighted by Gasteiger charge is 2.14. The van der Waals surface area contributed by atoms with Gasteiger partial charge in [-0.15, -0.1) is 0 Å². The summed E-state index contributed by atoms with van der Waals surface area (Å²) in [5.41, 5.74) is 5.51. The van der Waals surface area contributed by atoms with E-state index in [1.807, 2.05) is 24.3 Å². The lowest BCUT2D eigenvalue weighted by Gasteiger charge is -2.12. The van der Waals surface area contributed by atoms with Crippen LogP contribution in [0.25, 0.3) is 5.57 Å². The molecule has 0 radical (unpaired) electrons. The van der Waals surface area contributed by atoms with E-state index in [1.165, 1.54) is 16.7 Å². The van der Waals surface area contributed by atoms with Crippen LogP contribution in [-0.4, -0.2) is 10.9 Å². The number of Topliss-reactive ketones (excluding diaryl/α,β-unsaturated/α-hetero) is 1. The smallest absolute Gasteiger partial charge is 0.159 e. The van der Waals surface area contributed by atoms with Crippen molar-refractivity contribution in [2.24, 2.45) is 0 Å². The molecule has 21 heavy (non-hydrogen) atoms. The van der Waals surface area contributed by atoms with E-state index in [0.29, 0.717) is 0 Å². The number of hydrogen-bond donors (Lipinski definition) is 1. The number of fused-ring (bicyclic) bond motifs is 1. The van der Waals surface area contributed by atoms with Crippen molar-refractivity contribution in [2.45, 2.75) is 26.2 Å². The zero-order valence-corrected chi connectivity index (χ0v) is 12.1. The number of rotatable bonds is 2. The lowest BCUT2D eigenvalue weighted by atomic mass is 9.92. The number of allylic oxidation sites excluding steroid dienone is 1. The van der Waals surface area contributed by atoms with Crippen molar-refractivity contribution in [3.8, 4) is 5.75 Å². The van der Waals surface area contributed by atoms with Gasteiger partial charge >= 0.3 is 0 Å². The van der Waals surface area contributed by atoms with E-state index in [0.717, 1.165) is 30.4 Å². The van der Waals surface area contributed by atoms with Crippen molar-refractivity contribution in [1.82, 2.24) is 0 Å². The highest BCUT2D eigenvalue weighted by Crippen LogP contribution is 2.32. The van der Waals surface area contributed by atoms with Gasteiger partial charge in [0.25, 0.3) is 0 Å². The van der Waals surface area contributed by atoms with E-state index in [-0.39, 0.29) is 11.5 Å². The minimum Gasteiger partial charge on any atom is -0.508 e. The fourth-order valence-electron chi connectivity index (χ4n) is 2.85. The lowest BCUT2D eigenvalue weighted by molar-refractivity contribution is 0.101. The Balaban J connectivity index is 2.09. The van der Waals surface area contributed by atoms with Gasteiger partial charge in [0.1, 0.15) is 5.75 Å². The normalized spacial score (nSPS) is 14.0. The van der Waals surface area contributed by atoms with Gasteiger partial charge in [-0.25, -0.2) is 0 Å². The highest BCUT2D eigenvalue weighted by atomic mass is 16.3. The molecule has 0 aliphatic heterocycles. The molecule has 0 saturated heterocycles. The number of hydrogen-bond acceptors (Lipinski definition) is 2. The fraction of sp³-hybridized carbons (Fsp3) is 0.211. The maximum atomic E-state index is 11.6. The van der Waals surface area contributed by atoms with Crippen molar-refractivity contribution in [1.29, 1.82) is 0 Å². The Labute approximate surface area is 124 Å². The molecule has 0 spiro atoms. The molecule has 1 aliphatic rings. The lowest BCUT2D eigenvalue weighted by Crippen LogP contribution is -1.98. The fourth-order valence-corrected chi connectivity index (χ4v) is 2.85. The Morgan fingerprint density at radius 1 is 1.10 bits per heavy atom. The van der Waals surface area contributed by atoms with Crippen LogP contribution in [0.5, 0.6) is 5.75 Å². The van der Waals surface area contributed by atoms with Crippen LogP contribution >= 0.6 is 0 Å². The molecular weight excluding hydrogens is 260 g/mol. The molecule has 2 nitrogen and oxygen atoms in total. The van der Waals surface area contributed by atoms with Crippen LogP contribution in [0.1, 0.15) is 46.8 Å². The molecule has 0 heterocycles. The first-order valence-electron chi connectivity index (χ1n) is 7.29. The second-order valence-corrected chi connectivity index (χ2v) is 5.49. The van der Waals surface area contributed by atoms with E-state index in [2.05, 4.69) is 12.1 Å². The van der Waals surface area contributed by atoms with Crippen molar-refractivity contribution in [2.75, 3.05) is 0 Å². The maximum Gasteiger partial charge on any atom is 0.159 e. The molecule has 0 atom stereocenters. The minimum atomic E-state index is 0.109. The largest absolute Gasteiger partial charge is 0.508 e. The SMILES string of the molecule is CC(=O)c1ccc2c(c1)CCCC=C2c1ccc(O)cc1. The van der Waals surface area contributed by atoms with Crippen molar-refractivity contribution in [3.05, 3.63) is 70.8 Å². The number of carbonyl (C=O) groups is 1. The number of carbonyl (C=O) groups excluding carboxylic acids is 1. The molecule has 0 bridgehead atoms. The van der Waals surface area contributed by atoms with Crippen LogP contribution in [0.2, 0.25) is 0 Å². The predicted molar refractivity (Wildman–Crippen MR) is 84.6 cm³/mol. The third-order valence-electron chi connectivity index (χ3n) is 3.98. The number of phenols is 1. The Hall–Kier alpha value is -2.35. The highest BCUT2D eigenvalue weighted by molar-refractivity contribution is 5.95. The summed E-state index contributed by atoms with van der Waals surface area (Å²) in [4.78, 5) is 11.6. The summed E-state index contributed by atoms with van der Waals surface area (Å²) in [5.74, 6) is 0.386. The molecule has 1 aliphatic carbocycles. The van der Waals surface area contributed by atoms with E-state index in [1.54, 1.807) is 19.1 Å². The zero-order chi connectivity index (χ0) is 14.8. The first-order chi connectivity index (χ1) is 10.1. The third kappa shape index (κ3) is 2.75. The molecule has 2 aromatic rings. The molecule has 0 saturated carbocycles. The van der Waals surface area contributed by atoms with Crippen molar-refractivity contribution >= 4 is 11.4 Å². The van der Waals surface area contributed by atoms with Crippen LogP contribution in [0, 0.1) is 0 Å². The molecule has 0 aromatic heterocycles. The van der Waals surface area contributed by atoms with Crippen LogP contribution < -0.4 is 0 Å². The molecule has 2 aromatic carbocycles. The summed E-state index contributed by atoms with van der Waals surface area (Å²) < 4.78 is 0. The van der Waals surface area contributed by atoms with Crippen LogP contribution in [0.4, 0.5) is 0 Å². The van der Waals surface area contributed by atoms with Gasteiger partial charge in [0.15, 0.2) is 5.78 Å². The summed E-state index contributed by atoms with van der Waals surface area (Å²) >= 11 is 0. The van der Waals surface area contributed by atoms with Crippen LogP contribution in [0.15, 0.2) is 48.5 Å². The molecular formula is C19H18O2. The van der Waals surface area contributed by atoms with E-state index >= 15 is 0 Å². The number of benzene rings is 2. The average molecular weight is 278 g/mol. The maximum absolute atomic E-state index is 11.6. The van der Waals surface area contributed by atoms with Crippen molar-refractivity contribution < 1.29 is 9.90 Å². The van der Waals surface area contributed by atoms with Crippen LogP contribution in [0.3, 0.4) is 0 Å². The topological polar surface area (TPSA) is 37.3 Å². The Kier molecular flexibility index (Phi) is 3.61. The van der Waals surface area contributed by atoms with Crippen molar-refractivity contribution in [3.63, 3.8) is 0 Å². The van der Waals surface area contributed by atoms with Gasteiger partial charge in [-0.1, -0.05) is 30.3 Å². The Morgan fingerprint density at radius 3 is 2.57 bits per heavy atom. The van der Waals surface area contributed by atoms with Gasteiger partial charge in [-0.3, -0.25) is 4.79 Å². The summed E-state index contributed by atoms with van der Waals surface area (Å²) in [6.07, 6.45) is 5.37. The van der Waals surface area contributed by atoms with Gasteiger partial charge in [0.05, 0.1) is 0 Å². The molecule has 0 amide bonds. The van der Waals surface area contributed by atoms with E-state index < -0.39 is 0 Å². The monoisotopic (exact) mass is 278 g/mol. The van der Waals surface area contributed by atoms with Crippen LogP contribution in [-0.2, 0) is 6.42 Å². The van der Waals surface area contributed by atoms with E-state index in [9.17, 15) is 9.90 Å². The third-order valence-corrected chi connectivity index (χ3v) is 3.98. The second kappa shape index (κ2) is 5.57. The average Bonchev–Trinajstić information content (AvgIpc) is 2.69. The van der Waals surface area contributed by atoms with Gasteiger partial charge in [-0.2, -0.15) is 0 Å². The first-order valence-corrected chi connectivity index (χ1v) is 7.29. The molecule has 1 N–H and O–H groups in total. The second-order valence-electron chi connectivity index (χ2n) is 5.49. The molecule has 2 heteroatoms. The quantitative estimate of drug-likeness (QED) is 0.829. The first kappa shape index (κ1) is 13.6. The zero-order valence-electron chi connectivity index (χ0n) is 12.1. The summed E-state index contributed by atoms with van der Waals surface area (Å²) in [6.45, 7) is 1.61. The number of aromatic hydroxyl groups is 1. The van der Waals surface area contributed by atoms with E-state index in [4.69, 9.17) is 0 Å². The van der Waals surface area contributed by atoms with Gasteiger partial charge in [-0.05, 0) is 66.6 Å². The molecule has 0 unspecified atom stereocenters. The summed E-state index contributed by atoms with van der Waals surface area (Å²) in [7, 11) is 0. The Morgan fingerprint density at radius 2 is 1.86 bits per heavy atom. The molecule has 0 fully saturated rings. The molecule has 3 rings (SSSR count). The number of aryl methyl sites for hydroxylation is 1. The molecule has 106 valence electrons. The number of ketones is 1. The van der Waals surface area contributed by atoms with Gasteiger partial charge in [0.2, 0.25) is 0 Å². The van der Waals surface area contributed by atoms with Gasteiger partial charge in [0, 0.05) is 5.56 Å². The van der Waals surface area contributed by atoms with Gasteiger partial charge < -0.3 is 5.11 Å². The number of phenolic OH excluding ortho intramolecular Hbond substituents is 1. The standard InChI is InChI=1S/C19H18O2/c1-13(20)15-8-11-19-16(12-15)4-2-3-5-18(19)14-6-9-17(21)10-7-14/h5-12,21H,2-4H2,1H3. The predicted octanol–water partition coefficient (Wildman–Crippen LogP) is 4.36. The minimum absolute atomic E-state index is 0.109. The Bertz CT molecular complexity index is 709.